The first kappa shape index (κ1) is 11.0. The van der Waals surface area contributed by atoms with Crippen LogP contribution < -0.4 is 0 Å². The van der Waals surface area contributed by atoms with Crippen molar-refractivity contribution in [2.75, 3.05) is 0 Å². The monoisotopic (exact) mass is 263 g/mol. The van der Waals surface area contributed by atoms with Gasteiger partial charge in [-0.15, -0.1) is 0 Å². The van der Waals surface area contributed by atoms with Gasteiger partial charge < -0.3 is 4.42 Å². The molecular weight excluding hydrogens is 254 g/mol. The highest BCUT2D eigenvalue weighted by Crippen LogP contribution is 2.31. The summed E-state index contributed by atoms with van der Waals surface area (Å²) in [7, 11) is -3.75. The zero-order chi connectivity index (χ0) is 12.8. The van der Waals surface area contributed by atoms with E-state index in [9.17, 15) is 13.2 Å². The Balaban J connectivity index is 2.07. The van der Waals surface area contributed by atoms with Gasteiger partial charge in [0.25, 0.3) is 15.9 Å². The third kappa shape index (κ3) is 1.46. The summed E-state index contributed by atoms with van der Waals surface area (Å²) >= 11 is 0. The van der Waals surface area contributed by atoms with Crippen molar-refractivity contribution in [2.45, 2.75) is 11.4 Å². The molecule has 18 heavy (non-hydrogen) atoms. The first-order valence-corrected chi connectivity index (χ1v) is 6.73. The van der Waals surface area contributed by atoms with Crippen LogP contribution in [0.25, 0.3) is 0 Å². The molecule has 0 saturated carbocycles. The summed E-state index contributed by atoms with van der Waals surface area (Å²) < 4.78 is 30.3. The van der Waals surface area contributed by atoms with E-state index in [-0.39, 0.29) is 17.0 Å². The van der Waals surface area contributed by atoms with Crippen LogP contribution in [-0.2, 0) is 16.6 Å². The molecule has 0 radical (unpaired) electrons. The summed E-state index contributed by atoms with van der Waals surface area (Å²) in [5.74, 6) is -0.0817. The van der Waals surface area contributed by atoms with Crippen molar-refractivity contribution in [3.05, 3.63) is 54.0 Å². The molecule has 5 nitrogen and oxygen atoms in total. The molecule has 0 unspecified atom stereocenters. The van der Waals surface area contributed by atoms with Crippen LogP contribution in [-0.4, -0.2) is 18.6 Å². The summed E-state index contributed by atoms with van der Waals surface area (Å²) in [6.45, 7) is -0.0805. The van der Waals surface area contributed by atoms with Crippen LogP contribution in [0.2, 0.25) is 0 Å². The van der Waals surface area contributed by atoms with Crippen molar-refractivity contribution in [2.24, 2.45) is 0 Å². The normalized spacial score (nSPS) is 16.9. The Morgan fingerprint density at radius 3 is 2.56 bits per heavy atom. The minimum absolute atomic E-state index is 0.0570. The van der Waals surface area contributed by atoms with Crippen LogP contribution in [0.3, 0.4) is 0 Å². The summed E-state index contributed by atoms with van der Waals surface area (Å²) in [6.07, 6.45) is 1.44. The summed E-state index contributed by atoms with van der Waals surface area (Å²) in [6, 6.07) is 9.46. The summed E-state index contributed by atoms with van der Waals surface area (Å²) in [4.78, 5) is 12.1. The Morgan fingerprint density at radius 2 is 1.89 bits per heavy atom. The number of carbonyl (C=O) groups is 1. The second-order valence-corrected chi connectivity index (χ2v) is 5.72. The average molecular weight is 263 g/mol. The topological polar surface area (TPSA) is 67.6 Å². The second kappa shape index (κ2) is 3.71. The maximum absolute atomic E-state index is 12.2. The largest absolute Gasteiger partial charge is 0.467 e. The number of fused-ring (bicyclic) bond motifs is 1. The van der Waals surface area contributed by atoms with E-state index in [1.54, 1.807) is 24.3 Å². The molecule has 6 heteroatoms. The molecule has 92 valence electrons. The molecule has 2 aromatic rings. The van der Waals surface area contributed by atoms with E-state index in [2.05, 4.69) is 0 Å². The lowest BCUT2D eigenvalue weighted by molar-refractivity contribution is 0.0858. The molecular formula is C12H9NO4S. The van der Waals surface area contributed by atoms with Crippen LogP contribution in [0.5, 0.6) is 0 Å². The smallest absolute Gasteiger partial charge is 0.269 e. The molecule has 1 aromatic carbocycles. The molecule has 1 aliphatic rings. The molecule has 0 N–H and O–H groups in total. The number of rotatable bonds is 2. The Hall–Kier alpha value is -2.08. The van der Waals surface area contributed by atoms with E-state index < -0.39 is 15.9 Å². The maximum Gasteiger partial charge on any atom is 0.269 e. The molecule has 0 aliphatic carbocycles. The molecule has 0 bridgehead atoms. The minimum Gasteiger partial charge on any atom is -0.467 e. The Kier molecular flexibility index (Phi) is 2.27. The molecule has 2 heterocycles. The van der Waals surface area contributed by atoms with Gasteiger partial charge in [0, 0.05) is 0 Å². The van der Waals surface area contributed by atoms with E-state index in [1.807, 2.05) is 0 Å². The van der Waals surface area contributed by atoms with Gasteiger partial charge in [-0.3, -0.25) is 4.79 Å². The van der Waals surface area contributed by atoms with E-state index in [0.717, 1.165) is 4.31 Å². The van der Waals surface area contributed by atoms with Gasteiger partial charge in [0.1, 0.15) is 10.7 Å². The first-order chi connectivity index (χ1) is 8.60. The second-order valence-electron chi connectivity index (χ2n) is 3.89. The Bertz CT molecular complexity index is 703. The van der Waals surface area contributed by atoms with Crippen molar-refractivity contribution in [1.82, 2.24) is 4.31 Å². The van der Waals surface area contributed by atoms with Crippen LogP contribution in [0.1, 0.15) is 16.1 Å². The Morgan fingerprint density at radius 1 is 1.11 bits per heavy atom. The fraction of sp³-hybridized carbons (Fsp3) is 0.0833. The molecule has 1 aromatic heterocycles. The van der Waals surface area contributed by atoms with Gasteiger partial charge in [0.15, 0.2) is 0 Å². The number of nitrogens with zero attached hydrogens (tertiary/aromatic N) is 1. The highest BCUT2D eigenvalue weighted by atomic mass is 32.2. The van der Waals surface area contributed by atoms with Crippen LogP contribution in [0, 0.1) is 0 Å². The molecule has 0 saturated heterocycles. The third-order valence-corrected chi connectivity index (χ3v) is 4.58. The maximum atomic E-state index is 12.2. The zero-order valence-corrected chi connectivity index (χ0v) is 10.1. The van der Waals surface area contributed by atoms with Crippen molar-refractivity contribution in [3.63, 3.8) is 0 Å². The highest BCUT2D eigenvalue weighted by Gasteiger charge is 2.41. The minimum atomic E-state index is -3.75. The molecule has 1 aliphatic heterocycles. The van der Waals surface area contributed by atoms with Gasteiger partial charge in [-0.25, -0.2) is 12.7 Å². The van der Waals surface area contributed by atoms with Crippen molar-refractivity contribution in [1.29, 1.82) is 0 Å². The van der Waals surface area contributed by atoms with Gasteiger partial charge >= 0.3 is 0 Å². The van der Waals surface area contributed by atoms with Crippen molar-refractivity contribution in [3.8, 4) is 0 Å². The van der Waals surface area contributed by atoms with E-state index in [0.29, 0.717) is 5.76 Å². The predicted molar refractivity (Wildman–Crippen MR) is 62.2 cm³/mol. The molecule has 1 amide bonds. The van der Waals surface area contributed by atoms with Crippen LogP contribution >= 0.6 is 0 Å². The quantitative estimate of drug-likeness (QED) is 0.825. The SMILES string of the molecule is O=C1c2ccccc2S(=O)(=O)N1Cc1ccco1. The predicted octanol–water partition coefficient (Wildman–Crippen LogP) is 1.62. The van der Waals surface area contributed by atoms with Crippen LogP contribution in [0.15, 0.2) is 52.0 Å². The highest BCUT2D eigenvalue weighted by molar-refractivity contribution is 7.90. The zero-order valence-electron chi connectivity index (χ0n) is 9.24. The number of benzene rings is 1. The first-order valence-electron chi connectivity index (χ1n) is 5.29. The van der Waals surface area contributed by atoms with E-state index >= 15 is 0 Å². The number of furan rings is 1. The van der Waals surface area contributed by atoms with Crippen molar-refractivity contribution < 1.29 is 17.6 Å². The fourth-order valence-corrected chi connectivity index (χ4v) is 3.47. The van der Waals surface area contributed by atoms with E-state index in [1.165, 1.54) is 18.4 Å². The van der Waals surface area contributed by atoms with E-state index in [4.69, 9.17) is 4.42 Å². The molecule has 3 rings (SSSR count). The molecule has 0 atom stereocenters. The number of hydrogen-bond donors (Lipinski definition) is 0. The van der Waals surface area contributed by atoms with Gasteiger partial charge in [0.05, 0.1) is 18.4 Å². The standard InChI is InChI=1S/C12H9NO4S/c14-12-10-5-1-2-6-11(10)18(15,16)13(12)8-9-4-3-7-17-9/h1-7H,8H2. The Labute approximate surface area is 104 Å². The average Bonchev–Trinajstić information content (AvgIpc) is 2.93. The lowest BCUT2D eigenvalue weighted by atomic mass is 10.2. The third-order valence-electron chi connectivity index (χ3n) is 2.79. The van der Waals surface area contributed by atoms with Crippen LogP contribution in [0.4, 0.5) is 0 Å². The number of sulfonamides is 1. The van der Waals surface area contributed by atoms with Gasteiger partial charge in [-0.05, 0) is 24.3 Å². The molecule has 0 spiro atoms. The molecule has 0 fully saturated rings. The summed E-state index contributed by atoms with van der Waals surface area (Å²) in [5, 5.41) is 0. The van der Waals surface area contributed by atoms with Crippen molar-refractivity contribution >= 4 is 15.9 Å². The van der Waals surface area contributed by atoms with Gasteiger partial charge in [-0.2, -0.15) is 0 Å². The summed E-state index contributed by atoms with van der Waals surface area (Å²) in [5.41, 5.74) is 0.212. The lowest BCUT2D eigenvalue weighted by Gasteiger charge is -2.12. The van der Waals surface area contributed by atoms with Gasteiger partial charge in [-0.1, -0.05) is 12.1 Å². The number of amides is 1. The van der Waals surface area contributed by atoms with Gasteiger partial charge in [0.2, 0.25) is 0 Å². The number of carbonyl (C=O) groups excluding carboxylic acids is 1. The lowest BCUT2D eigenvalue weighted by Crippen LogP contribution is -2.29. The fourth-order valence-electron chi connectivity index (χ4n) is 1.93. The number of hydrogen-bond acceptors (Lipinski definition) is 4.